The Kier molecular flexibility index (Phi) is 4.68. The average molecular weight is 353 g/mol. The average Bonchev–Trinajstić information content (AvgIpc) is 3.36. The molecule has 1 N–H and O–H groups in total. The molecule has 2 saturated heterocycles. The van der Waals surface area contributed by atoms with Crippen molar-refractivity contribution in [1.29, 1.82) is 0 Å². The first-order chi connectivity index (χ1) is 12.6. The predicted molar refractivity (Wildman–Crippen MR) is 100 cm³/mol. The van der Waals surface area contributed by atoms with Crippen molar-refractivity contribution in [3.8, 4) is 0 Å². The van der Waals surface area contributed by atoms with Crippen LogP contribution in [-0.2, 0) is 20.1 Å². The van der Waals surface area contributed by atoms with Crippen molar-refractivity contribution in [3.05, 3.63) is 54.1 Å². The van der Waals surface area contributed by atoms with Crippen molar-refractivity contribution in [2.24, 2.45) is 12.5 Å². The molecule has 2 aliphatic heterocycles. The van der Waals surface area contributed by atoms with Gasteiger partial charge in [0, 0.05) is 44.8 Å². The lowest BCUT2D eigenvalue weighted by atomic mass is 9.86. The van der Waals surface area contributed by atoms with Gasteiger partial charge < -0.3 is 14.8 Å². The second-order valence-corrected chi connectivity index (χ2v) is 7.77. The molecule has 0 saturated carbocycles. The maximum absolute atomic E-state index is 12.5. The zero-order chi connectivity index (χ0) is 18.0. The van der Waals surface area contributed by atoms with Crippen molar-refractivity contribution in [3.63, 3.8) is 0 Å². The number of carbonyl (C=O) groups is 1. The van der Waals surface area contributed by atoms with Crippen molar-refractivity contribution >= 4 is 6.03 Å². The highest BCUT2D eigenvalue weighted by atomic mass is 16.2. The second-order valence-electron chi connectivity index (χ2n) is 7.77. The minimum atomic E-state index is 0.0459. The molecule has 2 amide bonds. The summed E-state index contributed by atoms with van der Waals surface area (Å²) in [4.78, 5) is 21.1. The minimum absolute atomic E-state index is 0.0459. The fourth-order valence-electron chi connectivity index (χ4n) is 4.28. The third-order valence-electron chi connectivity index (χ3n) is 5.83. The number of hydrogen-bond donors (Lipinski definition) is 1. The Balaban J connectivity index is 1.29. The Labute approximate surface area is 154 Å². The van der Waals surface area contributed by atoms with Crippen LogP contribution in [0.2, 0.25) is 0 Å². The highest BCUT2D eigenvalue weighted by Gasteiger charge is 2.44. The largest absolute Gasteiger partial charge is 0.336 e. The zero-order valence-electron chi connectivity index (χ0n) is 15.4. The molecule has 4 rings (SSSR count). The van der Waals surface area contributed by atoms with E-state index in [1.807, 2.05) is 16.5 Å². The minimum Gasteiger partial charge on any atom is -0.336 e. The van der Waals surface area contributed by atoms with E-state index in [2.05, 4.69) is 45.5 Å². The summed E-state index contributed by atoms with van der Waals surface area (Å²) in [7, 11) is 1.94. The summed E-state index contributed by atoms with van der Waals surface area (Å²) in [5.41, 5.74) is 2.66. The van der Waals surface area contributed by atoms with Gasteiger partial charge >= 0.3 is 6.03 Å². The number of imidazole rings is 1. The second kappa shape index (κ2) is 7.11. The summed E-state index contributed by atoms with van der Waals surface area (Å²) in [6, 6.07) is 10.7. The molecule has 1 atom stereocenters. The molecule has 1 spiro atoms. The first-order valence-electron chi connectivity index (χ1n) is 9.38. The number of aryl methyl sites for hydroxylation is 1. The summed E-state index contributed by atoms with van der Waals surface area (Å²) >= 11 is 0. The first kappa shape index (κ1) is 17.1. The smallest absolute Gasteiger partial charge is 0.317 e. The SMILES string of the molecule is Cn1cncc1CNC(=O)N1CC[C@]2(CCN(Cc3ccccc3)C2)C1. The number of rotatable bonds is 4. The number of amides is 2. The summed E-state index contributed by atoms with van der Waals surface area (Å²) in [6.07, 6.45) is 5.85. The number of nitrogens with zero attached hydrogens (tertiary/aromatic N) is 4. The Bertz CT molecular complexity index is 759. The van der Waals surface area contributed by atoms with E-state index in [4.69, 9.17) is 0 Å². The number of carbonyl (C=O) groups excluding carboxylic acids is 1. The van der Waals surface area contributed by atoms with Crippen LogP contribution in [0.15, 0.2) is 42.9 Å². The lowest BCUT2D eigenvalue weighted by Gasteiger charge is -2.25. The number of likely N-dealkylation sites (tertiary alicyclic amines) is 2. The van der Waals surface area contributed by atoms with Crippen LogP contribution in [0.5, 0.6) is 0 Å². The van der Waals surface area contributed by atoms with Crippen LogP contribution in [0.1, 0.15) is 24.1 Å². The standard InChI is InChI=1S/C20H27N5O/c1-23-16-21-11-18(23)12-22-19(26)25-10-8-20(15-25)7-9-24(14-20)13-17-5-3-2-4-6-17/h2-6,11,16H,7-10,12-15H2,1H3,(H,22,26)/t20-/m0/s1. The van der Waals surface area contributed by atoms with Gasteiger partial charge in [-0.05, 0) is 24.9 Å². The number of hydrogen-bond acceptors (Lipinski definition) is 3. The van der Waals surface area contributed by atoms with E-state index >= 15 is 0 Å². The molecule has 0 radical (unpaired) electrons. The van der Waals surface area contributed by atoms with E-state index in [-0.39, 0.29) is 11.4 Å². The normalized spacial score (nSPS) is 23.0. The van der Waals surface area contributed by atoms with Crippen LogP contribution in [0, 0.1) is 5.41 Å². The third kappa shape index (κ3) is 3.60. The van der Waals surface area contributed by atoms with Gasteiger partial charge in [-0.2, -0.15) is 0 Å². The van der Waals surface area contributed by atoms with Gasteiger partial charge in [-0.1, -0.05) is 30.3 Å². The van der Waals surface area contributed by atoms with Gasteiger partial charge in [-0.25, -0.2) is 9.78 Å². The first-order valence-corrected chi connectivity index (χ1v) is 9.38. The Morgan fingerprint density at radius 3 is 2.77 bits per heavy atom. The maximum Gasteiger partial charge on any atom is 0.317 e. The van der Waals surface area contributed by atoms with Crippen LogP contribution in [0.25, 0.3) is 0 Å². The molecular formula is C20H27N5O. The van der Waals surface area contributed by atoms with Crippen LogP contribution in [0.3, 0.4) is 0 Å². The Morgan fingerprint density at radius 1 is 1.19 bits per heavy atom. The Morgan fingerprint density at radius 2 is 2.00 bits per heavy atom. The fraction of sp³-hybridized carbons (Fsp3) is 0.500. The van der Waals surface area contributed by atoms with Gasteiger partial charge in [0.25, 0.3) is 0 Å². The molecule has 138 valence electrons. The molecule has 3 heterocycles. The van der Waals surface area contributed by atoms with E-state index in [1.165, 1.54) is 12.0 Å². The summed E-state index contributed by atoms with van der Waals surface area (Å²) in [5.74, 6) is 0. The van der Waals surface area contributed by atoms with E-state index < -0.39 is 0 Å². The van der Waals surface area contributed by atoms with Gasteiger partial charge in [0.05, 0.1) is 18.6 Å². The van der Waals surface area contributed by atoms with Gasteiger partial charge in [-0.3, -0.25) is 4.90 Å². The topological polar surface area (TPSA) is 53.4 Å². The molecule has 0 bridgehead atoms. The molecular weight excluding hydrogens is 326 g/mol. The predicted octanol–water partition coefficient (Wildman–Crippen LogP) is 2.23. The number of urea groups is 1. The molecule has 26 heavy (non-hydrogen) atoms. The summed E-state index contributed by atoms with van der Waals surface area (Å²) < 4.78 is 1.93. The summed E-state index contributed by atoms with van der Waals surface area (Å²) in [6.45, 7) is 5.48. The number of aromatic nitrogens is 2. The number of nitrogens with one attached hydrogen (secondary N) is 1. The molecule has 6 heteroatoms. The molecule has 0 unspecified atom stereocenters. The van der Waals surface area contributed by atoms with Crippen molar-refractivity contribution < 1.29 is 4.79 Å². The number of benzene rings is 1. The van der Waals surface area contributed by atoms with E-state index in [0.717, 1.165) is 44.8 Å². The third-order valence-corrected chi connectivity index (χ3v) is 5.83. The molecule has 0 aliphatic carbocycles. The molecule has 6 nitrogen and oxygen atoms in total. The highest BCUT2D eigenvalue weighted by molar-refractivity contribution is 5.74. The van der Waals surface area contributed by atoms with Gasteiger partial charge in [0.1, 0.15) is 0 Å². The lowest BCUT2D eigenvalue weighted by molar-refractivity contribution is 0.197. The van der Waals surface area contributed by atoms with Crippen LogP contribution in [-0.4, -0.2) is 51.6 Å². The highest BCUT2D eigenvalue weighted by Crippen LogP contribution is 2.39. The Hall–Kier alpha value is -2.34. The van der Waals surface area contributed by atoms with Gasteiger partial charge in [0.2, 0.25) is 0 Å². The lowest BCUT2D eigenvalue weighted by Crippen LogP contribution is -2.40. The molecule has 2 aliphatic rings. The van der Waals surface area contributed by atoms with Crippen LogP contribution < -0.4 is 5.32 Å². The molecule has 2 fully saturated rings. The monoisotopic (exact) mass is 353 g/mol. The van der Waals surface area contributed by atoms with Crippen LogP contribution >= 0.6 is 0 Å². The quantitative estimate of drug-likeness (QED) is 0.917. The molecule has 2 aromatic rings. The fourth-order valence-corrected chi connectivity index (χ4v) is 4.28. The van der Waals surface area contributed by atoms with Crippen molar-refractivity contribution in [2.45, 2.75) is 25.9 Å². The molecule has 1 aromatic heterocycles. The summed E-state index contributed by atoms with van der Waals surface area (Å²) in [5, 5.41) is 3.04. The van der Waals surface area contributed by atoms with Crippen molar-refractivity contribution in [1.82, 2.24) is 24.7 Å². The van der Waals surface area contributed by atoms with Gasteiger partial charge in [-0.15, -0.1) is 0 Å². The van der Waals surface area contributed by atoms with Crippen molar-refractivity contribution in [2.75, 3.05) is 26.2 Å². The maximum atomic E-state index is 12.5. The molecule has 1 aromatic carbocycles. The van der Waals surface area contributed by atoms with Gasteiger partial charge in [0.15, 0.2) is 0 Å². The van der Waals surface area contributed by atoms with E-state index in [9.17, 15) is 4.79 Å². The van der Waals surface area contributed by atoms with Crippen LogP contribution in [0.4, 0.5) is 4.79 Å². The van der Waals surface area contributed by atoms with E-state index in [1.54, 1.807) is 12.5 Å². The van der Waals surface area contributed by atoms with E-state index in [0.29, 0.717) is 6.54 Å². The zero-order valence-corrected chi connectivity index (χ0v) is 15.4.